The second kappa shape index (κ2) is 9.20. The van der Waals surface area contributed by atoms with Crippen molar-refractivity contribution in [3.63, 3.8) is 0 Å². The molecular weight excluding hydrogens is 540 g/mol. The quantitative estimate of drug-likeness (QED) is 0.268. The number of primary amides is 1. The van der Waals surface area contributed by atoms with E-state index in [0.717, 1.165) is 17.4 Å². The minimum absolute atomic E-state index is 0.0221. The van der Waals surface area contributed by atoms with Gasteiger partial charge in [0, 0.05) is 16.7 Å². The Bertz CT molecular complexity index is 1690. The Labute approximate surface area is 231 Å². The number of anilines is 1. The number of nitrogen functional groups attached to an aromatic ring is 1. The lowest BCUT2D eigenvalue weighted by Crippen LogP contribution is -2.44. The van der Waals surface area contributed by atoms with Crippen molar-refractivity contribution < 1.29 is 28.2 Å². The Kier molecular flexibility index (Phi) is 6.00. The number of hydrogen-bond acceptors (Lipinski definition) is 8. The van der Waals surface area contributed by atoms with Crippen LogP contribution in [0.3, 0.4) is 0 Å². The maximum Gasteiger partial charge on any atom is 0.251 e. The van der Waals surface area contributed by atoms with Gasteiger partial charge in [-0.2, -0.15) is 0 Å². The number of pyridine rings is 1. The van der Waals surface area contributed by atoms with Gasteiger partial charge in [0.15, 0.2) is 10.9 Å². The number of carbonyl (C=O) groups is 2. The van der Waals surface area contributed by atoms with Crippen molar-refractivity contribution in [2.24, 2.45) is 11.7 Å². The molecule has 12 heteroatoms. The number of aromatic nitrogens is 2. The highest BCUT2D eigenvalue weighted by Crippen LogP contribution is 2.50. The summed E-state index contributed by atoms with van der Waals surface area (Å²) in [5.41, 5.74) is 10.3. The average Bonchev–Trinajstić information content (AvgIpc) is 3.63. The zero-order valence-corrected chi connectivity index (χ0v) is 22.1. The fourth-order valence-corrected chi connectivity index (χ4v) is 5.86. The van der Waals surface area contributed by atoms with Crippen molar-refractivity contribution >= 4 is 38.5 Å². The van der Waals surface area contributed by atoms with Gasteiger partial charge in [-0.15, -0.1) is 0 Å². The number of hydrogen-bond donors (Lipinski definition) is 4. The molecule has 2 atom stereocenters. The lowest BCUT2D eigenvalue weighted by molar-refractivity contribution is -0.123. The van der Waals surface area contributed by atoms with Crippen molar-refractivity contribution in [3.8, 4) is 17.0 Å². The van der Waals surface area contributed by atoms with Gasteiger partial charge in [-0.25, -0.2) is 18.7 Å². The summed E-state index contributed by atoms with van der Waals surface area (Å²) in [5, 5.41) is 14.9. The molecule has 1 aliphatic carbocycles. The average molecular weight is 566 g/mol. The van der Waals surface area contributed by atoms with Crippen molar-refractivity contribution in [2.75, 3.05) is 18.9 Å². The highest BCUT2D eigenvalue weighted by Gasteiger charge is 2.50. The summed E-state index contributed by atoms with van der Waals surface area (Å²) in [6, 6.07) is 9.77. The molecule has 0 saturated heterocycles. The van der Waals surface area contributed by atoms with Gasteiger partial charge in [-0.1, -0.05) is 11.3 Å². The van der Waals surface area contributed by atoms with Gasteiger partial charge < -0.3 is 26.6 Å². The number of rotatable bonds is 7. The van der Waals surface area contributed by atoms with Crippen molar-refractivity contribution in [1.29, 1.82) is 0 Å². The highest BCUT2D eigenvalue weighted by molar-refractivity contribution is 7.22. The number of nitrogens with zero attached hydrogens (tertiary/aromatic N) is 2. The van der Waals surface area contributed by atoms with Gasteiger partial charge in [0.1, 0.15) is 40.4 Å². The summed E-state index contributed by atoms with van der Waals surface area (Å²) >= 11 is 1.06. The van der Waals surface area contributed by atoms with Gasteiger partial charge in [0.2, 0.25) is 5.91 Å². The molecule has 3 heterocycles. The number of ether oxygens (including phenoxy) is 1. The molecule has 0 bridgehead atoms. The summed E-state index contributed by atoms with van der Waals surface area (Å²) in [5.74, 6) is -2.24. The van der Waals surface area contributed by atoms with Gasteiger partial charge in [0.05, 0.1) is 16.9 Å². The van der Waals surface area contributed by atoms with Gasteiger partial charge in [0.25, 0.3) is 5.91 Å². The van der Waals surface area contributed by atoms with E-state index in [1.165, 1.54) is 30.3 Å². The molecule has 0 radical (unpaired) electrons. The van der Waals surface area contributed by atoms with E-state index in [1.54, 1.807) is 13.0 Å². The number of fused-ring (bicyclic) bond motifs is 2. The zero-order chi connectivity index (χ0) is 28.4. The lowest BCUT2D eigenvalue weighted by atomic mass is 9.81. The summed E-state index contributed by atoms with van der Waals surface area (Å²) in [6.07, 6.45) is 1.36. The molecule has 0 spiro atoms. The molecule has 4 aromatic rings. The highest BCUT2D eigenvalue weighted by atomic mass is 32.1. The van der Waals surface area contributed by atoms with Crippen LogP contribution in [-0.2, 0) is 15.8 Å². The summed E-state index contributed by atoms with van der Waals surface area (Å²) in [6.45, 7) is 1.39. The second-order valence-electron chi connectivity index (χ2n) is 10.5. The van der Waals surface area contributed by atoms with E-state index < -0.39 is 34.5 Å². The van der Waals surface area contributed by atoms with Crippen LogP contribution in [0.25, 0.3) is 21.5 Å². The zero-order valence-electron chi connectivity index (χ0n) is 21.3. The van der Waals surface area contributed by atoms with Crippen LogP contribution >= 0.6 is 11.3 Å². The van der Waals surface area contributed by atoms with Crippen LogP contribution in [0, 0.1) is 17.6 Å². The summed E-state index contributed by atoms with van der Waals surface area (Å²) in [4.78, 5) is 34.3. The number of amides is 2. The molecule has 1 fully saturated rings. The summed E-state index contributed by atoms with van der Waals surface area (Å²) < 4.78 is 34.6. The second-order valence-corrected chi connectivity index (χ2v) is 11.5. The number of halogens is 2. The molecule has 1 aliphatic heterocycles. The third-order valence-corrected chi connectivity index (χ3v) is 8.51. The predicted molar refractivity (Wildman–Crippen MR) is 145 cm³/mol. The first-order valence-corrected chi connectivity index (χ1v) is 13.4. The van der Waals surface area contributed by atoms with Crippen LogP contribution in [0.1, 0.15) is 41.4 Å². The number of nitrogens with two attached hydrogens (primary N) is 2. The Morgan fingerprint density at radius 3 is 2.60 bits per heavy atom. The summed E-state index contributed by atoms with van der Waals surface area (Å²) in [7, 11) is 0. The van der Waals surface area contributed by atoms with Crippen LogP contribution in [0.15, 0.2) is 42.5 Å². The Morgan fingerprint density at radius 2 is 1.93 bits per heavy atom. The normalized spacial score (nSPS) is 19.6. The van der Waals surface area contributed by atoms with Crippen LogP contribution in [0.4, 0.5) is 13.9 Å². The van der Waals surface area contributed by atoms with Crippen LogP contribution in [0.5, 0.6) is 5.75 Å². The molecule has 40 heavy (non-hydrogen) atoms. The van der Waals surface area contributed by atoms with Crippen molar-refractivity contribution in [2.45, 2.75) is 30.8 Å². The van der Waals surface area contributed by atoms with E-state index in [1.807, 2.05) is 0 Å². The van der Waals surface area contributed by atoms with Gasteiger partial charge in [-0.3, -0.25) is 9.59 Å². The molecule has 9 nitrogen and oxygen atoms in total. The van der Waals surface area contributed by atoms with Crippen LogP contribution in [-0.4, -0.2) is 40.0 Å². The van der Waals surface area contributed by atoms with Gasteiger partial charge >= 0.3 is 0 Å². The molecule has 1 saturated carbocycles. The maximum atomic E-state index is 14.6. The SMILES string of the molecule is C[C@]1(C(N)=O)COc2c1cc([C@@](O)(CNC(=O)c1cc(F)c3nc(N)sc3c1)C1CC1)nc2-c1ccc(F)cc1. The van der Waals surface area contributed by atoms with E-state index in [9.17, 15) is 23.5 Å². The number of thiazole rings is 1. The fraction of sp³-hybridized carbons (Fsp3) is 0.286. The monoisotopic (exact) mass is 565 g/mol. The van der Waals surface area contributed by atoms with E-state index in [4.69, 9.17) is 21.2 Å². The molecule has 2 aromatic heterocycles. The molecule has 206 valence electrons. The molecule has 6 N–H and O–H groups in total. The Hall–Kier alpha value is -4.16. The Morgan fingerprint density at radius 1 is 1.20 bits per heavy atom. The first-order valence-electron chi connectivity index (χ1n) is 12.6. The van der Waals surface area contributed by atoms with Crippen LogP contribution < -0.4 is 21.5 Å². The molecule has 0 unspecified atom stereocenters. The minimum atomic E-state index is -1.63. The molecule has 2 amide bonds. The van der Waals surface area contributed by atoms with E-state index >= 15 is 0 Å². The lowest BCUT2D eigenvalue weighted by Gasteiger charge is -2.30. The number of aliphatic hydroxyl groups is 1. The Balaban J connectivity index is 1.39. The van der Waals surface area contributed by atoms with E-state index in [-0.39, 0.29) is 41.0 Å². The molecular formula is C28H25F2N5O4S. The van der Waals surface area contributed by atoms with Gasteiger partial charge in [-0.05, 0) is 68.1 Å². The minimum Gasteiger partial charge on any atom is -0.489 e. The third-order valence-electron chi connectivity index (χ3n) is 7.68. The van der Waals surface area contributed by atoms with E-state index in [2.05, 4.69) is 10.3 Å². The number of benzene rings is 2. The topological polar surface area (TPSA) is 153 Å². The van der Waals surface area contributed by atoms with Crippen molar-refractivity contribution in [3.05, 3.63) is 70.9 Å². The largest absolute Gasteiger partial charge is 0.489 e. The molecule has 2 aliphatic rings. The molecule has 6 rings (SSSR count). The number of nitrogens with one attached hydrogen (secondary N) is 1. The standard InChI is InChI=1S/C28H25F2N5O4S/c1-27(25(31)37)12-39-23-17(27)10-20(34-21(23)13-2-6-16(29)7-3-13)28(38,15-4-5-15)11-33-24(36)14-8-18(30)22-19(9-14)40-26(32)35-22/h2-3,6-10,15,38H,4-5,11-12H2,1H3,(H2,31,37)(H2,32,35)(H,33,36)/t27-,28+/m0/s1. The number of carbonyl (C=O) groups excluding carboxylic acids is 2. The maximum absolute atomic E-state index is 14.6. The predicted octanol–water partition coefficient (Wildman–Crippen LogP) is 3.38. The van der Waals surface area contributed by atoms with E-state index in [0.29, 0.717) is 40.1 Å². The first kappa shape index (κ1) is 26.1. The first-order chi connectivity index (χ1) is 19.0. The van der Waals surface area contributed by atoms with Crippen LogP contribution in [0.2, 0.25) is 0 Å². The fourth-order valence-electron chi connectivity index (χ4n) is 5.07. The smallest absolute Gasteiger partial charge is 0.251 e. The third kappa shape index (κ3) is 4.23. The van der Waals surface area contributed by atoms with Crippen molar-refractivity contribution in [1.82, 2.24) is 15.3 Å². The molecule has 2 aromatic carbocycles.